The molecule has 0 aliphatic carbocycles. The summed E-state index contributed by atoms with van der Waals surface area (Å²) in [7, 11) is 0. The summed E-state index contributed by atoms with van der Waals surface area (Å²) < 4.78 is 0. The van der Waals surface area contributed by atoms with Crippen molar-refractivity contribution in [2.24, 2.45) is 0 Å². The molecule has 0 atom stereocenters. The van der Waals surface area contributed by atoms with Gasteiger partial charge in [-0.1, -0.05) is 0 Å². The number of anilines is 1. The third-order valence-electron chi connectivity index (χ3n) is 2.29. The monoisotopic (exact) mass is 305 g/mol. The summed E-state index contributed by atoms with van der Waals surface area (Å²) in [5.74, 6) is -3.14. The molecule has 1 aliphatic rings. The minimum Gasteiger partial charge on any atom is -0.508 e. The first-order valence-electron chi connectivity index (χ1n) is 5.80. The lowest BCUT2D eigenvalue weighted by molar-refractivity contribution is -0.134. The van der Waals surface area contributed by atoms with Crippen LogP contribution in [0.1, 0.15) is 0 Å². The van der Waals surface area contributed by atoms with Crippen molar-refractivity contribution in [2.45, 2.75) is 0 Å². The Morgan fingerprint density at radius 1 is 0.864 bits per heavy atom. The summed E-state index contributed by atoms with van der Waals surface area (Å²) in [6.07, 6.45) is 3.55. The van der Waals surface area contributed by atoms with Crippen LogP contribution in [0.3, 0.4) is 0 Å². The summed E-state index contributed by atoms with van der Waals surface area (Å²) in [6, 6.07) is 5.87. The maximum Gasteiger partial charge on any atom is 0.328 e. The van der Waals surface area contributed by atoms with Crippen molar-refractivity contribution in [2.75, 3.05) is 4.90 Å². The van der Waals surface area contributed by atoms with E-state index in [4.69, 9.17) is 15.3 Å². The van der Waals surface area contributed by atoms with E-state index in [0.29, 0.717) is 17.8 Å². The van der Waals surface area contributed by atoms with Gasteiger partial charge in [0.15, 0.2) is 0 Å². The third kappa shape index (κ3) is 4.93. The van der Waals surface area contributed by atoms with E-state index < -0.39 is 11.9 Å². The summed E-state index contributed by atoms with van der Waals surface area (Å²) in [6.45, 7) is 0. The van der Waals surface area contributed by atoms with Gasteiger partial charge < -0.3 is 15.3 Å². The van der Waals surface area contributed by atoms with Crippen LogP contribution in [0.15, 0.2) is 48.6 Å². The number of hydrogen-bond acceptors (Lipinski definition) is 5. The van der Waals surface area contributed by atoms with Gasteiger partial charge in [-0.25, -0.2) is 14.5 Å². The molecule has 0 saturated heterocycles. The van der Waals surface area contributed by atoms with E-state index in [0.717, 1.165) is 4.90 Å². The molecule has 0 fully saturated rings. The van der Waals surface area contributed by atoms with E-state index in [2.05, 4.69) is 0 Å². The number of benzene rings is 1. The fourth-order valence-corrected chi connectivity index (χ4v) is 1.40. The standard InChI is InChI=1S/C10H7NO3.C4H4O4/c12-8-3-1-7(2-4-8)11-9(13)5-6-10(11)14;5-3(6)1-2-4(7)8/h1-6,12H;1-2H,(H,5,6)(H,7,8). The van der Waals surface area contributed by atoms with Gasteiger partial charge in [0.25, 0.3) is 11.8 Å². The van der Waals surface area contributed by atoms with Gasteiger partial charge in [-0.3, -0.25) is 9.59 Å². The smallest absolute Gasteiger partial charge is 0.328 e. The van der Waals surface area contributed by atoms with Crippen molar-refractivity contribution in [3.63, 3.8) is 0 Å². The van der Waals surface area contributed by atoms with Crippen molar-refractivity contribution in [3.8, 4) is 5.75 Å². The van der Waals surface area contributed by atoms with Crippen LogP contribution < -0.4 is 4.90 Å². The Morgan fingerprint density at radius 2 is 1.27 bits per heavy atom. The molecule has 0 aromatic heterocycles. The number of carbonyl (C=O) groups excluding carboxylic acids is 2. The largest absolute Gasteiger partial charge is 0.508 e. The summed E-state index contributed by atoms with van der Waals surface area (Å²) in [4.78, 5) is 42.6. The molecule has 0 radical (unpaired) electrons. The lowest BCUT2D eigenvalue weighted by Gasteiger charge is -2.13. The number of carboxylic acids is 2. The van der Waals surface area contributed by atoms with Crippen molar-refractivity contribution >= 4 is 29.4 Å². The molecule has 2 rings (SSSR count). The van der Waals surface area contributed by atoms with Crippen LogP contribution in [0.4, 0.5) is 5.69 Å². The Morgan fingerprint density at radius 3 is 1.64 bits per heavy atom. The highest BCUT2D eigenvalue weighted by atomic mass is 16.4. The Bertz CT molecular complexity index is 624. The fourth-order valence-electron chi connectivity index (χ4n) is 1.40. The normalized spacial score (nSPS) is 13.2. The minimum atomic E-state index is -1.26. The second-order valence-electron chi connectivity index (χ2n) is 3.87. The molecule has 1 aromatic rings. The first kappa shape index (κ1) is 16.6. The molecule has 0 spiro atoms. The number of aromatic hydroxyl groups is 1. The Balaban J connectivity index is 0.000000261. The van der Waals surface area contributed by atoms with E-state index in [-0.39, 0.29) is 17.6 Å². The van der Waals surface area contributed by atoms with Crippen LogP contribution in [0.2, 0.25) is 0 Å². The number of nitrogens with zero attached hydrogens (tertiary/aromatic N) is 1. The molecule has 0 unspecified atom stereocenters. The van der Waals surface area contributed by atoms with Gasteiger partial charge in [0.05, 0.1) is 5.69 Å². The fraction of sp³-hybridized carbons (Fsp3) is 0. The highest BCUT2D eigenvalue weighted by Gasteiger charge is 2.24. The van der Waals surface area contributed by atoms with Gasteiger partial charge in [-0.2, -0.15) is 0 Å². The minimum absolute atomic E-state index is 0.0980. The predicted molar refractivity (Wildman–Crippen MR) is 74.2 cm³/mol. The SMILES string of the molecule is O=C(O)C=CC(=O)O.O=C1C=CC(=O)N1c1ccc(O)cc1. The quantitative estimate of drug-likeness (QED) is 0.548. The van der Waals surface area contributed by atoms with Crippen LogP contribution in [0.5, 0.6) is 5.75 Å². The molecular formula is C14H11NO7. The maximum atomic E-state index is 11.2. The Kier molecular flexibility index (Phi) is 5.58. The lowest BCUT2D eigenvalue weighted by atomic mass is 10.3. The zero-order chi connectivity index (χ0) is 16.7. The Labute approximate surface area is 124 Å². The van der Waals surface area contributed by atoms with Gasteiger partial charge >= 0.3 is 11.9 Å². The molecule has 114 valence electrons. The second-order valence-corrected chi connectivity index (χ2v) is 3.87. The molecule has 1 aromatic carbocycles. The first-order chi connectivity index (χ1) is 10.3. The van der Waals surface area contributed by atoms with E-state index in [9.17, 15) is 19.2 Å². The highest BCUT2D eigenvalue weighted by molar-refractivity contribution is 6.28. The summed E-state index contributed by atoms with van der Waals surface area (Å²) in [5.41, 5.74) is 0.461. The molecule has 22 heavy (non-hydrogen) atoms. The molecule has 2 amide bonds. The number of hydrogen-bond donors (Lipinski definition) is 3. The average molecular weight is 305 g/mol. The van der Waals surface area contributed by atoms with E-state index in [1.807, 2.05) is 0 Å². The molecule has 3 N–H and O–H groups in total. The van der Waals surface area contributed by atoms with Crippen LogP contribution in [-0.2, 0) is 19.2 Å². The lowest BCUT2D eigenvalue weighted by Crippen LogP contribution is -2.29. The summed E-state index contributed by atoms with van der Waals surface area (Å²) >= 11 is 0. The third-order valence-corrected chi connectivity index (χ3v) is 2.29. The van der Waals surface area contributed by atoms with Crippen LogP contribution in [-0.4, -0.2) is 39.1 Å². The van der Waals surface area contributed by atoms with Gasteiger partial charge in [0.1, 0.15) is 5.75 Å². The number of carboxylic acid groups (broad SMARTS) is 2. The van der Waals surface area contributed by atoms with Gasteiger partial charge in [-0.05, 0) is 24.3 Å². The number of aliphatic carboxylic acids is 2. The average Bonchev–Trinajstić information content (AvgIpc) is 2.78. The molecule has 8 nitrogen and oxygen atoms in total. The topological polar surface area (TPSA) is 132 Å². The van der Waals surface area contributed by atoms with E-state index >= 15 is 0 Å². The molecular weight excluding hydrogens is 294 g/mol. The number of imide groups is 1. The van der Waals surface area contributed by atoms with Crippen LogP contribution >= 0.6 is 0 Å². The molecule has 0 saturated carbocycles. The number of rotatable bonds is 3. The molecule has 1 heterocycles. The number of phenolic OH excluding ortho intramolecular Hbond substituents is 1. The maximum absolute atomic E-state index is 11.2. The zero-order valence-corrected chi connectivity index (χ0v) is 11.0. The number of carbonyl (C=O) groups is 4. The van der Waals surface area contributed by atoms with Gasteiger partial charge in [-0.15, -0.1) is 0 Å². The zero-order valence-electron chi connectivity index (χ0n) is 11.0. The molecule has 0 bridgehead atoms. The molecule has 8 heteroatoms. The Hall–Kier alpha value is -3.42. The first-order valence-corrected chi connectivity index (χ1v) is 5.80. The van der Waals surface area contributed by atoms with Crippen LogP contribution in [0.25, 0.3) is 0 Å². The second kappa shape index (κ2) is 7.39. The number of phenols is 1. The predicted octanol–water partition coefficient (Wildman–Crippen LogP) is 0.533. The van der Waals surface area contributed by atoms with E-state index in [1.54, 1.807) is 0 Å². The number of amides is 2. The molecule has 1 aliphatic heterocycles. The van der Waals surface area contributed by atoms with Crippen molar-refractivity contribution < 1.29 is 34.5 Å². The summed E-state index contributed by atoms with van der Waals surface area (Å²) in [5, 5.41) is 24.7. The van der Waals surface area contributed by atoms with Gasteiger partial charge in [0.2, 0.25) is 0 Å². The van der Waals surface area contributed by atoms with Crippen molar-refractivity contribution in [1.29, 1.82) is 0 Å². The van der Waals surface area contributed by atoms with Crippen molar-refractivity contribution in [1.82, 2.24) is 0 Å². The van der Waals surface area contributed by atoms with Gasteiger partial charge in [0, 0.05) is 24.3 Å². The van der Waals surface area contributed by atoms with Crippen LogP contribution in [0, 0.1) is 0 Å². The highest BCUT2D eigenvalue weighted by Crippen LogP contribution is 2.21. The van der Waals surface area contributed by atoms with Crippen molar-refractivity contribution in [3.05, 3.63) is 48.6 Å². The van der Waals surface area contributed by atoms with E-state index in [1.165, 1.54) is 36.4 Å².